The van der Waals surface area contributed by atoms with Crippen LogP contribution in [0.15, 0.2) is 0 Å². The number of ether oxygens (including phenoxy) is 2. The van der Waals surface area contributed by atoms with Crippen LogP contribution in [0.25, 0.3) is 0 Å². The van der Waals surface area contributed by atoms with Crippen molar-refractivity contribution in [1.82, 2.24) is 0 Å². The Hall–Kier alpha value is 0.314. The third-order valence-corrected chi connectivity index (χ3v) is 11.8. The molecule has 0 radical (unpaired) electrons. The summed E-state index contributed by atoms with van der Waals surface area (Å²) in [6.45, 7) is 15.4. The van der Waals surface area contributed by atoms with Crippen molar-refractivity contribution in [2.75, 3.05) is 19.8 Å². The monoisotopic (exact) mass is 362 g/mol. The molecule has 0 spiro atoms. The Bertz CT molecular complexity index is 265. The Kier molecular flexibility index (Phi) is 13.8. The van der Waals surface area contributed by atoms with Crippen molar-refractivity contribution in [2.24, 2.45) is 0 Å². The van der Waals surface area contributed by atoms with E-state index in [-0.39, 0.29) is 14.9 Å². The molecule has 0 N–H and O–H groups in total. The molecular weight excluding hydrogens is 320 g/mol. The van der Waals surface area contributed by atoms with Gasteiger partial charge in [0.25, 0.3) is 0 Å². The van der Waals surface area contributed by atoms with Gasteiger partial charge >= 0.3 is 0 Å². The summed E-state index contributed by atoms with van der Waals surface area (Å²) < 4.78 is 17.8. The highest BCUT2D eigenvalue weighted by Crippen LogP contribution is 2.25. The smallest absolute Gasteiger partial charge is 0.192 e. The van der Waals surface area contributed by atoms with E-state index in [1.807, 2.05) is 0 Å². The van der Waals surface area contributed by atoms with Crippen molar-refractivity contribution in [3.63, 3.8) is 0 Å². The Labute approximate surface area is 148 Å². The molecule has 23 heavy (non-hydrogen) atoms. The fourth-order valence-corrected chi connectivity index (χ4v) is 8.62. The van der Waals surface area contributed by atoms with Crippen molar-refractivity contribution in [3.05, 3.63) is 0 Å². The SMILES string of the molecule is CCOC(C)(OCC)[SiH2]CCCCCC[Si](CC)(CC)OCC. The molecule has 0 aliphatic rings. The van der Waals surface area contributed by atoms with Gasteiger partial charge in [0.1, 0.15) is 5.41 Å². The first-order chi connectivity index (χ1) is 11.0. The molecule has 0 aromatic heterocycles. The lowest BCUT2D eigenvalue weighted by Gasteiger charge is -2.29. The number of unbranched alkanes of at least 4 members (excludes halogenated alkanes) is 3. The predicted octanol–water partition coefficient (Wildman–Crippen LogP) is 4.90. The summed E-state index contributed by atoms with van der Waals surface area (Å²) in [5.41, 5.74) is -0.245. The van der Waals surface area contributed by atoms with Crippen molar-refractivity contribution in [2.45, 2.75) is 96.8 Å². The number of hydrogen-bond donors (Lipinski definition) is 0. The fraction of sp³-hybridized carbons (Fsp3) is 1.00. The van der Waals surface area contributed by atoms with Crippen LogP contribution in [0, 0.1) is 0 Å². The fourth-order valence-electron chi connectivity index (χ4n) is 3.41. The normalized spacial score (nSPS) is 13.3. The van der Waals surface area contributed by atoms with E-state index in [0.29, 0.717) is 0 Å². The minimum Gasteiger partial charge on any atom is -0.417 e. The Balaban J connectivity index is 3.87. The van der Waals surface area contributed by atoms with Crippen LogP contribution in [0.3, 0.4) is 0 Å². The Morgan fingerprint density at radius 2 is 1.35 bits per heavy atom. The van der Waals surface area contributed by atoms with Crippen LogP contribution < -0.4 is 0 Å². The molecule has 0 bridgehead atoms. The van der Waals surface area contributed by atoms with E-state index in [1.54, 1.807) is 0 Å². The average molecular weight is 363 g/mol. The molecule has 0 heterocycles. The van der Waals surface area contributed by atoms with Crippen molar-refractivity contribution in [1.29, 1.82) is 0 Å². The molecule has 5 heteroatoms. The summed E-state index contributed by atoms with van der Waals surface area (Å²) in [5.74, 6) is 0. The van der Waals surface area contributed by atoms with Crippen LogP contribution in [-0.4, -0.2) is 43.1 Å². The molecule has 0 saturated carbocycles. The topological polar surface area (TPSA) is 27.7 Å². The molecule has 0 fully saturated rings. The molecule has 0 aliphatic carbocycles. The van der Waals surface area contributed by atoms with Crippen LogP contribution in [-0.2, 0) is 13.9 Å². The molecule has 140 valence electrons. The zero-order valence-corrected chi connectivity index (χ0v) is 19.1. The quantitative estimate of drug-likeness (QED) is 0.222. The minimum atomic E-state index is -1.39. The first-order valence-corrected chi connectivity index (χ1v) is 14.2. The molecular formula is C18H42O3Si2. The average Bonchev–Trinajstić information content (AvgIpc) is 2.53. The van der Waals surface area contributed by atoms with E-state index in [0.717, 1.165) is 19.8 Å². The van der Waals surface area contributed by atoms with Crippen LogP contribution >= 0.6 is 0 Å². The van der Waals surface area contributed by atoms with Gasteiger partial charge in [0, 0.05) is 19.8 Å². The standard InChI is InChI=1S/C18H42O3Si2/c1-7-19-18(6,20-8-2)22-16-14-12-13-15-17-23(10-4,11-5)21-9-3/h7-17,22H2,1-6H3. The lowest BCUT2D eigenvalue weighted by atomic mass is 10.2. The van der Waals surface area contributed by atoms with E-state index in [9.17, 15) is 0 Å². The largest absolute Gasteiger partial charge is 0.417 e. The van der Waals surface area contributed by atoms with Crippen LogP contribution in [0.5, 0.6) is 0 Å². The second-order valence-electron chi connectivity index (χ2n) is 6.59. The molecule has 0 rings (SSSR count). The molecule has 0 aromatic rings. The zero-order valence-electron chi connectivity index (χ0n) is 16.7. The third kappa shape index (κ3) is 10.0. The molecule has 0 aromatic carbocycles. The molecule has 0 unspecified atom stereocenters. The van der Waals surface area contributed by atoms with Crippen LogP contribution in [0.1, 0.15) is 67.2 Å². The van der Waals surface area contributed by atoms with Crippen molar-refractivity contribution >= 4 is 17.8 Å². The van der Waals surface area contributed by atoms with Gasteiger partial charge in [-0.05, 0) is 45.8 Å². The van der Waals surface area contributed by atoms with E-state index in [4.69, 9.17) is 13.9 Å². The van der Waals surface area contributed by atoms with Gasteiger partial charge in [-0.2, -0.15) is 0 Å². The first-order valence-electron chi connectivity index (χ1n) is 9.93. The molecule has 0 atom stereocenters. The van der Waals surface area contributed by atoms with Crippen molar-refractivity contribution in [3.8, 4) is 0 Å². The number of hydrogen-bond acceptors (Lipinski definition) is 3. The second kappa shape index (κ2) is 13.6. The van der Waals surface area contributed by atoms with E-state index in [1.165, 1.54) is 49.9 Å². The molecule has 0 aliphatic heterocycles. The molecule has 0 saturated heterocycles. The van der Waals surface area contributed by atoms with Crippen molar-refractivity contribution < 1.29 is 13.9 Å². The van der Waals surface area contributed by atoms with Gasteiger partial charge < -0.3 is 13.9 Å². The maximum absolute atomic E-state index is 6.17. The highest BCUT2D eigenvalue weighted by Gasteiger charge is 2.29. The summed E-state index contributed by atoms with van der Waals surface area (Å²) >= 11 is 0. The van der Waals surface area contributed by atoms with Gasteiger partial charge in [0.2, 0.25) is 0 Å². The Morgan fingerprint density at radius 1 is 0.783 bits per heavy atom. The lowest BCUT2D eigenvalue weighted by molar-refractivity contribution is -0.163. The molecule has 3 nitrogen and oxygen atoms in total. The summed E-state index contributed by atoms with van der Waals surface area (Å²) in [4.78, 5) is 0. The van der Waals surface area contributed by atoms with E-state index in [2.05, 4.69) is 41.5 Å². The highest BCUT2D eigenvalue weighted by atomic mass is 28.4. The summed E-state index contributed by atoms with van der Waals surface area (Å²) in [6, 6.07) is 5.21. The van der Waals surface area contributed by atoms with Gasteiger partial charge in [0.15, 0.2) is 8.32 Å². The maximum Gasteiger partial charge on any atom is 0.192 e. The number of rotatable bonds is 16. The van der Waals surface area contributed by atoms with Crippen LogP contribution in [0.2, 0.25) is 24.2 Å². The van der Waals surface area contributed by atoms with Gasteiger partial charge in [0.05, 0.1) is 9.52 Å². The van der Waals surface area contributed by atoms with Gasteiger partial charge in [-0.15, -0.1) is 0 Å². The van der Waals surface area contributed by atoms with Gasteiger partial charge in [-0.25, -0.2) is 0 Å². The maximum atomic E-state index is 6.17. The van der Waals surface area contributed by atoms with E-state index < -0.39 is 8.32 Å². The summed E-state index contributed by atoms with van der Waals surface area (Å²) in [6.07, 6.45) is 5.40. The lowest BCUT2D eigenvalue weighted by Crippen LogP contribution is -2.39. The summed E-state index contributed by atoms with van der Waals surface area (Å²) in [5, 5.41) is 0. The van der Waals surface area contributed by atoms with Gasteiger partial charge in [-0.1, -0.05) is 45.6 Å². The minimum absolute atomic E-state index is 0.245. The van der Waals surface area contributed by atoms with Crippen LogP contribution in [0.4, 0.5) is 0 Å². The molecule has 0 amide bonds. The zero-order chi connectivity index (χ0) is 17.6. The predicted molar refractivity (Wildman–Crippen MR) is 107 cm³/mol. The second-order valence-corrected chi connectivity index (χ2v) is 13.7. The van der Waals surface area contributed by atoms with Gasteiger partial charge in [-0.3, -0.25) is 0 Å². The third-order valence-electron chi connectivity index (χ3n) is 4.90. The first kappa shape index (κ1) is 23.3. The summed E-state index contributed by atoms with van der Waals surface area (Å²) in [7, 11) is -1.73. The van der Waals surface area contributed by atoms with E-state index >= 15 is 0 Å². The highest BCUT2D eigenvalue weighted by molar-refractivity contribution is 6.73. The Morgan fingerprint density at radius 3 is 1.83 bits per heavy atom.